The smallest absolute Gasteiger partial charge is 0.369 e. The van der Waals surface area contributed by atoms with Crippen LogP contribution in [0.5, 0.6) is 0 Å². The predicted molar refractivity (Wildman–Crippen MR) is 68.0 cm³/mol. The zero-order chi connectivity index (χ0) is 19.6. The predicted octanol–water partition coefficient (Wildman–Crippen LogP) is 2.76. The molecule has 1 aromatic carbocycles. The van der Waals surface area contributed by atoms with Crippen LogP contribution in [0.1, 0.15) is 12.0 Å². The third kappa shape index (κ3) is 3.79. The fourth-order valence-corrected chi connectivity index (χ4v) is 1.77. The van der Waals surface area contributed by atoms with Crippen LogP contribution in [-0.2, 0) is 10.4 Å². The lowest BCUT2D eigenvalue weighted by atomic mass is 9.91. The quantitative estimate of drug-likeness (QED) is 0.480. The van der Waals surface area contributed by atoms with Crippen molar-refractivity contribution < 1.29 is 41.2 Å². The van der Waals surface area contributed by atoms with Gasteiger partial charge in [-0.15, -0.1) is 0 Å². The number of hydrogen-bond acceptors (Lipinski definition) is 5. The van der Waals surface area contributed by atoms with Crippen LogP contribution in [0.2, 0.25) is 0 Å². The Morgan fingerprint density at radius 3 is 2.16 bits per heavy atom. The fourth-order valence-electron chi connectivity index (χ4n) is 1.77. The molecule has 136 valence electrons. The Morgan fingerprint density at radius 1 is 1.24 bits per heavy atom. The van der Waals surface area contributed by atoms with Crippen LogP contribution < -0.4 is 5.32 Å². The molecular weight excluding hydrogens is 364 g/mol. The molecule has 0 aromatic heterocycles. The number of nitrogens with zero attached hydrogens (tertiary/aromatic N) is 2. The van der Waals surface area contributed by atoms with E-state index in [9.17, 15) is 46.4 Å². The molecule has 0 radical (unpaired) electrons. The molecule has 1 amide bonds. The lowest BCUT2D eigenvalue weighted by Crippen LogP contribution is -2.53. The first-order chi connectivity index (χ1) is 11.3. The van der Waals surface area contributed by atoms with Crippen LogP contribution in [0.25, 0.3) is 0 Å². The molecule has 2 N–H and O–H groups in total. The molecule has 25 heavy (non-hydrogen) atoms. The highest BCUT2D eigenvalue weighted by molar-refractivity contribution is 5.94. The van der Waals surface area contributed by atoms with Crippen molar-refractivity contribution in [2.45, 2.75) is 24.4 Å². The number of anilines is 1. The number of halogens is 6. The molecule has 0 atom stereocenters. The lowest BCUT2D eigenvalue weighted by molar-refractivity contribution is -0.386. The van der Waals surface area contributed by atoms with E-state index in [4.69, 9.17) is 5.26 Å². The molecule has 0 spiro atoms. The molecule has 0 aliphatic heterocycles. The minimum Gasteiger partial charge on any atom is -0.369 e. The van der Waals surface area contributed by atoms with Crippen molar-refractivity contribution in [2.24, 2.45) is 0 Å². The highest BCUT2D eigenvalue weighted by Crippen LogP contribution is 2.50. The van der Waals surface area contributed by atoms with Gasteiger partial charge in [0.15, 0.2) is 0 Å². The lowest BCUT2D eigenvalue weighted by Gasteiger charge is -2.32. The maximum atomic E-state index is 12.8. The van der Waals surface area contributed by atoms with Crippen molar-refractivity contribution in [3.05, 3.63) is 33.9 Å². The Morgan fingerprint density at radius 2 is 1.76 bits per heavy atom. The molecule has 0 aliphatic carbocycles. The van der Waals surface area contributed by atoms with Gasteiger partial charge in [0, 0.05) is 11.6 Å². The molecule has 0 saturated heterocycles. The van der Waals surface area contributed by atoms with Gasteiger partial charge in [0.1, 0.15) is 12.1 Å². The molecule has 0 unspecified atom stereocenters. The second kappa shape index (κ2) is 6.55. The van der Waals surface area contributed by atoms with Gasteiger partial charge in [0.05, 0.1) is 11.0 Å². The van der Waals surface area contributed by atoms with Gasteiger partial charge in [0.25, 0.3) is 11.3 Å². The second-order valence-electron chi connectivity index (χ2n) is 4.58. The molecule has 0 saturated carbocycles. The number of rotatable bonds is 4. The number of alkyl halides is 6. The topological polar surface area (TPSA) is 116 Å². The molecule has 1 rings (SSSR count). The first-order valence-corrected chi connectivity index (χ1v) is 6.07. The third-order valence-corrected chi connectivity index (χ3v) is 2.95. The Bertz CT molecular complexity index is 724. The summed E-state index contributed by atoms with van der Waals surface area (Å²) in [6.45, 7) is 0. The highest BCUT2D eigenvalue weighted by atomic mass is 19.4. The number of nitriles is 1. The van der Waals surface area contributed by atoms with Crippen LogP contribution in [0.4, 0.5) is 37.7 Å². The van der Waals surface area contributed by atoms with Crippen molar-refractivity contribution in [3.63, 3.8) is 0 Å². The molecule has 1 aromatic rings. The first-order valence-electron chi connectivity index (χ1n) is 6.07. The number of hydrogen-bond donors (Lipinski definition) is 2. The monoisotopic (exact) mass is 371 g/mol. The Kier molecular flexibility index (Phi) is 5.29. The Balaban J connectivity index is 3.54. The van der Waals surface area contributed by atoms with E-state index >= 15 is 0 Å². The van der Waals surface area contributed by atoms with Crippen molar-refractivity contribution in [1.29, 1.82) is 5.26 Å². The minimum absolute atomic E-state index is 0.135. The summed E-state index contributed by atoms with van der Waals surface area (Å²) in [6.07, 6.45) is -13.2. The normalized spacial score (nSPS) is 12.4. The number of nitro groups is 1. The number of amides is 1. The van der Waals surface area contributed by atoms with Crippen LogP contribution in [0.15, 0.2) is 18.2 Å². The minimum atomic E-state index is -6.22. The number of nitrogens with one attached hydrogen (secondary N) is 1. The van der Waals surface area contributed by atoms with E-state index in [1.807, 2.05) is 0 Å². The molecule has 0 bridgehead atoms. The van der Waals surface area contributed by atoms with Crippen LogP contribution in [0, 0.1) is 21.4 Å². The molecule has 13 heteroatoms. The van der Waals surface area contributed by atoms with Gasteiger partial charge in [-0.25, -0.2) is 0 Å². The first kappa shape index (κ1) is 20.2. The maximum Gasteiger partial charge on any atom is 0.430 e. The number of aliphatic hydroxyl groups is 1. The van der Waals surface area contributed by atoms with E-state index in [2.05, 4.69) is 0 Å². The summed E-state index contributed by atoms with van der Waals surface area (Å²) in [6, 6.07) is 1.77. The van der Waals surface area contributed by atoms with Gasteiger partial charge in [-0.1, -0.05) is 6.07 Å². The summed E-state index contributed by atoms with van der Waals surface area (Å²) >= 11 is 0. The summed E-state index contributed by atoms with van der Waals surface area (Å²) in [5, 5.41) is 30.2. The van der Waals surface area contributed by atoms with Crippen LogP contribution >= 0.6 is 0 Å². The zero-order valence-electron chi connectivity index (χ0n) is 11.8. The second-order valence-corrected chi connectivity index (χ2v) is 4.58. The average Bonchev–Trinajstić information content (AvgIpc) is 2.44. The standard InChI is InChI=1S/C12H7F6N3O4/c13-11(14,15)10(23,12(16,17)18)6-1-2-7(8(5-6)21(24)25)20-9(22)3-4-19/h1-2,5,23H,3H2,(H,20,22). The van der Waals surface area contributed by atoms with E-state index < -0.39 is 52.1 Å². The van der Waals surface area contributed by atoms with Crippen molar-refractivity contribution in [3.8, 4) is 6.07 Å². The summed E-state index contributed by atoms with van der Waals surface area (Å²) in [7, 11) is 0. The third-order valence-electron chi connectivity index (χ3n) is 2.95. The van der Waals surface area contributed by atoms with E-state index in [-0.39, 0.29) is 12.1 Å². The number of carbonyl (C=O) groups is 1. The van der Waals surface area contributed by atoms with Crippen molar-refractivity contribution >= 4 is 17.3 Å². The summed E-state index contributed by atoms with van der Waals surface area (Å²) in [4.78, 5) is 20.8. The molecule has 7 nitrogen and oxygen atoms in total. The van der Waals surface area contributed by atoms with Crippen LogP contribution in [-0.4, -0.2) is 28.3 Å². The largest absolute Gasteiger partial charge is 0.430 e. The molecule has 0 aliphatic rings. The average molecular weight is 371 g/mol. The molecule has 0 heterocycles. The summed E-state index contributed by atoms with van der Waals surface area (Å²) in [5.74, 6) is -1.07. The summed E-state index contributed by atoms with van der Waals surface area (Å²) in [5.41, 5.74) is -9.26. The Hall–Kier alpha value is -2.88. The van der Waals surface area contributed by atoms with Gasteiger partial charge in [-0.2, -0.15) is 31.6 Å². The van der Waals surface area contributed by atoms with E-state index in [0.29, 0.717) is 6.07 Å². The fraction of sp³-hybridized carbons (Fsp3) is 0.333. The number of benzene rings is 1. The number of nitro benzene ring substituents is 1. The molecular formula is C12H7F6N3O4. The van der Waals surface area contributed by atoms with Crippen molar-refractivity contribution in [1.82, 2.24) is 0 Å². The van der Waals surface area contributed by atoms with E-state index in [0.717, 1.165) is 0 Å². The molecule has 0 fully saturated rings. The van der Waals surface area contributed by atoms with Gasteiger partial charge < -0.3 is 10.4 Å². The van der Waals surface area contributed by atoms with Gasteiger partial charge >= 0.3 is 12.4 Å². The maximum absolute atomic E-state index is 12.8. The van der Waals surface area contributed by atoms with Crippen LogP contribution in [0.3, 0.4) is 0 Å². The van der Waals surface area contributed by atoms with Crippen molar-refractivity contribution in [2.75, 3.05) is 5.32 Å². The van der Waals surface area contributed by atoms with Gasteiger partial charge in [-0.3, -0.25) is 14.9 Å². The van der Waals surface area contributed by atoms with E-state index in [1.165, 1.54) is 6.07 Å². The summed E-state index contributed by atoms with van der Waals surface area (Å²) < 4.78 is 76.7. The zero-order valence-corrected chi connectivity index (χ0v) is 11.8. The van der Waals surface area contributed by atoms with Gasteiger partial charge in [-0.05, 0) is 6.07 Å². The number of carbonyl (C=O) groups excluding carboxylic acids is 1. The SMILES string of the molecule is N#CCC(=O)Nc1ccc(C(O)(C(F)(F)F)C(F)(F)F)cc1[N+](=O)[O-]. The van der Waals surface area contributed by atoms with Gasteiger partial charge in [0.2, 0.25) is 5.91 Å². The highest BCUT2D eigenvalue weighted by Gasteiger charge is 2.71. The Labute approximate surface area is 134 Å². The van der Waals surface area contributed by atoms with E-state index in [1.54, 1.807) is 5.32 Å².